The van der Waals surface area contributed by atoms with Crippen LogP contribution in [0.2, 0.25) is 0 Å². The Balaban J connectivity index is 1.67. The largest absolute Gasteiger partial charge is 0.354 e. The fourth-order valence-corrected chi connectivity index (χ4v) is 1.80. The van der Waals surface area contributed by atoms with E-state index in [-0.39, 0.29) is 11.9 Å². The van der Waals surface area contributed by atoms with E-state index in [0.29, 0.717) is 18.9 Å². The highest BCUT2D eigenvalue weighted by Crippen LogP contribution is 2.06. The zero-order valence-corrected chi connectivity index (χ0v) is 9.11. The van der Waals surface area contributed by atoms with Gasteiger partial charge in [-0.1, -0.05) is 11.6 Å². The molecule has 0 saturated carbocycles. The van der Waals surface area contributed by atoms with Gasteiger partial charge in [0.25, 0.3) is 0 Å². The number of carbonyl (C=O) groups is 1. The lowest BCUT2D eigenvalue weighted by molar-refractivity contribution is -0.123. The van der Waals surface area contributed by atoms with Gasteiger partial charge in [-0.05, 0) is 19.4 Å². The van der Waals surface area contributed by atoms with Gasteiger partial charge in [0.2, 0.25) is 11.8 Å². The Morgan fingerprint density at radius 2 is 2.56 bits per heavy atom. The summed E-state index contributed by atoms with van der Waals surface area (Å²) in [6, 6.07) is -0.0311. The molecule has 16 heavy (non-hydrogen) atoms. The van der Waals surface area contributed by atoms with E-state index in [1.807, 2.05) is 0 Å². The summed E-state index contributed by atoms with van der Waals surface area (Å²) in [4.78, 5) is 15.6. The molecule has 0 unspecified atom stereocenters. The molecule has 6 heteroatoms. The predicted molar refractivity (Wildman–Crippen MR) is 56.7 cm³/mol. The number of nitrogens with one attached hydrogen (secondary N) is 2. The molecule has 1 saturated heterocycles. The van der Waals surface area contributed by atoms with Crippen LogP contribution in [-0.2, 0) is 11.2 Å². The number of nitrogens with zero attached hydrogens (tertiary/aromatic N) is 2. The average molecular weight is 224 g/mol. The number of hydrogen-bond acceptors (Lipinski definition) is 5. The summed E-state index contributed by atoms with van der Waals surface area (Å²) in [7, 11) is 0. The molecule has 0 aliphatic carbocycles. The van der Waals surface area contributed by atoms with Crippen molar-refractivity contribution in [3.05, 3.63) is 12.2 Å². The van der Waals surface area contributed by atoms with Crippen LogP contribution in [0, 0.1) is 0 Å². The van der Waals surface area contributed by atoms with Gasteiger partial charge in [0.05, 0.1) is 6.04 Å². The monoisotopic (exact) mass is 224 g/mol. The minimum atomic E-state index is -0.0311. The van der Waals surface area contributed by atoms with Gasteiger partial charge in [-0.2, -0.15) is 4.98 Å². The maximum atomic E-state index is 11.7. The van der Waals surface area contributed by atoms with Gasteiger partial charge < -0.3 is 15.2 Å². The summed E-state index contributed by atoms with van der Waals surface area (Å²) < 4.78 is 4.83. The van der Waals surface area contributed by atoms with E-state index in [2.05, 4.69) is 20.8 Å². The van der Waals surface area contributed by atoms with Gasteiger partial charge in [-0.25, -0.2) is 0 Å². The SMILES string of the molecule is O=C(NCCc1ncno1)[C@@H]1CCCCN1. The van der Waals surface area contributed by atoms with Crippen LogP contribution in [0.15, 0.2) is 10.9 Å². The van der Waals surface area contributed by atoms with E-state index < -0.39 is 0 Å². The van der Waals surface area contributed by atoms with Gasteiger partial charge in [0, 0.05) is 13.0 Å². The van der Waals surface area contributed by atoms with Crippen molar-refractivity contribution in [2.75, 3.05) is 13.1 Å². The molecule has 0 radical (unpaired) electrons. The number of aromatic nitrogens is 2. The van der Waals surface area contributed by atoms with E-state index in [9.17, 15) is 4.79 Å². The fraction of sp³-hybridized carbons (Fsp3) is 0.700. The average Bonchev–Trinajstić information content (AvgIpc) is 2.83. The van der Waals surface area contributed by atoms with Crippen LogP contribution >= 0.6 is 0 Å². The highest BCUT2D eigenvalue weighted by Gasteiger charge is 2.19. The molecule has 0 spiro atoms. The van der Waals surface area contributed by atoms with Crippen molar-refractivity contribution < 1.29 is 9.32 Å². The van der Waals surface area contributed by atoms with Crippen molar-refractivity contribution in [2.45, 2.75) is 31.7 Å². The molecule has 2 heterocycles. The number of rotatable bonds is 4. The fourth-order valence-electron chi connectivity index (χ4n) is 1.80. The Labute approximate surface area is 93.8 Å². The van der Waals surface area contributed by atoms with Crippen molar-refractivity contribution in [1.29, 1.82) is 0 Å². The van der Waals surface area contributed by atoms with Crippen LogP contribution in [0.25, 0.3) is 0 Å². The molecule has 1 aliphatic heterocycles. The summed E-state index contributed by atoms with van der Waals surface area (Å²) >= 11 is 0. The molecule has 2 N–H and O–H groups in total. The topological polar surface area (TPSA) is 80.1 Å². The number of carbonyl (C=O) groups excluding carboxylic acids is 1. The third-order valence-electron chi connectivity index (χ3n) is 2.67. The lowest BCUT2D eigenvalue weighted by Crippen LogP contribution is -2.47. The highest BCUT2D eigenvalue weighted by molar-refractivity contribution is 5.81. The third kappa shape index (κ3) is 3.03. The van der Waals surface area contributed by atoms with Gasteiger partial charge in [0.15, 0.2) is 6.33 Å². The van der Waals surface area contributed by atoms with Crippen LogP contribution in [-0.4, -0.2) is 35.2 Å². The normalized spacial score (nSPS) is 20.6. The van der Waals surface area contributed by atoms with E-state index in [0.717, 1.165) is 25.8 Å². The molecule has 1 fully saturated rings. The van der Waals surface area contributed by atoms with Crippen LogP contribution in [0.5, 0.6) is 0 Å². The molecule has 1 amide bonds. The third-order valence-corrected chi connectivity index (χ3v) is 2.67. The van der Waals surface area contributed by atoms with Crippen molar-refractivity contribution >= 4 is 5.91 Å². The van der Waals surface area contributed by atoms with E-state index in [1.54, 1.807) is 0 Å². The molecule has 1 aromatic heterocycles. The molecule has 0 aromatic carbocycles. The first kappa shape index (κ1) is 11.1. The van der Waals surface area contributed by atoms with Crippen molar-refractivity contribution in [1.82, 2.24) is 20.8 Å². The molecular formula is C10H16N4O2. The standard InChI is InChI=1S/C10H16N4O2/c15-10(8-3-1-2-5-11-8)12-6-4-9-13-7-14-16-9/h7-8,11H,1-6H2,(H,12,15)/t8-/m0/s1. The van der Waals surface area contributed by atoms with Gasteiger partial charge in [-0.3, -0.25) is 4.79 Å². The maximum Gasteiger partial charge on any atom is 0.237 e. The summed E-state index contributed by atoms with van der Waals surface area (Å²) in [6.45, 7) is 1.47. The van der Waals surface area contributed by atoms with E-state index in [1.165, 1.54) is 6.33 Å². The van der Waals surface area contributed by atoms with Crippen molar-refractivity contribution in [3.8, 4) is 0 Å². The molecule has 1 atom stereocenters. The summed E-state index contributed by atoms with van der Waals surface area (Å²) in [5.41, 5.74) is 0. The first-order valence-corrected chi connectivity index (χ1v) is 5.63. The molecule has 6 nitrogen and oxygen atoms in total. The molecule has 2 rings (SSSR count). The summed E-state index contributed by atoms with van der Waals surface area (Å²) in [5, 5.41) is 9.56. The zero-order chi connectivity index (χ0) is 11.2. The first-order valence-electron chi connectivity index (χ1n) is 5.63. The number of piperidine rings is 1. The smallest absolute Gasteiger partial charge is 0.237 e. The predicted octanol–water partition coefficient (Wildman–Crippen LogP) is -0.130. The van der Waals surface area contributed by atoms with Crippen molar-refractivity contribution in [2.24, 2.45) is 0 Å². The van der Waals surface area contributed by atoms with Crippen LogP contribution in [0.4, 0.5) is 0 Å². The van der Waals surface area contributed by atoms with Gasteiger partial charge in [-0.15, -0.1) is 0 Å². The van der Waals surface area contributed by atoms with Crippen LogP contribution in [0.1, 0.15) is 25.2 Å². The van der Waals surface area contributed by atoms with Gasteiger partial charge >= 0.3 is 0 Å². The Kier molecular flexibility index (Phi) is 3.87. The van der Waals surface area contributed by atoms with Crippen molar-refractivity contribution in [3.63, 3.8) is 0 Å². The molecular weight excluding hydrogens is 208 g/mol. The molecule has 1 aliphatic rings. The summed E-state index contributed by atoms with van der Waals surface area (Å²) in [6.07, 6.45) is 5.14. The Morgan fingerprint density at radius 1 is 1.62 bits per heavy atom. The molecule has 0 bridgehead atoms. The Bertz CT molecular complexity index is 320. The molecule has 88 valence electrons. The lowest BCUT2D eigenvalue weighted by atomic mass is 10.0. The lowest BCUT2D eigenvalue weighted by Gasteiger charge is -2.22. The minimum absolute atomic E-state index is 0.0311. The minimum Gasteiger partial charge on any atom is -0.354 e. The van der Waals surface area contributed by atoms with E-state index in [4.69, 9.17) is 4.52 Å². The quantitative estimate of drug-likeness (QED) is 0.744. The second kappa shape index (κ2) is 5.60. The second-order valence-electron chi connectivity index (χ2n) is 3.88. The number of amides is 1. The van der Waals surface area contributed by atoms with Crippen LogP contribution < -0.4 is 10.6 Å². The van der Waals surface area contributed by atoms with Gasteiger partial charge in [0.1, 0.15) is 0 Å². The second-order valence-corrected chi connectivity index (χ2v) is 3.88. The Morgan fingerprint density at radius 3 is 3.25 bits per heavy atom. The first-order chi connectivity index (χ1) is 7.86. The number of hydrogen-bond donors (Lipinski definition) is 2. The highest BCUT2D eigenvalue weighted by atomic mass is 16.5. The van der Waals surface area contributed by atoms with Crippen LogP contribution in [0.3, 0.4) is 0 Å². The Hall–Kier alpha value is -1.43. The van der Waals surface area contributed by atoms with E-state index >= 15 is 0 Å². The zero-order valence-electron chi connectivity index (χ0n) is 9.11. The maximum absolute atomic E-state index is 11.7. The molecule has 1 aromatic rings. The summed E-state index contributed by atoms with van der Waals surface area (Å²) in [5.74, 6) is 0.621.